The van der Waals surface area contributed by atoms with Crippen LogP contribution in [-0.2, 0) is 0 Å². The van der Waals surface area contributed by atoms with Gasteiger partial charge in [0, 0.05) is 17.3 Å². The predicted octanol–water partition coefficient (Wildman–Crippen LogP) is 4.20. The number of phenols is 1. The van der Waals surface area contributed by atoms with Crippen molar-refractivity contribution in [2.75, 3.05) is 12.3 Å². The van der Waals surface area contributed by atoms with Gasteiger partial charge in [-0.05, 0) is 41.8 Å². The maximum absolute atomic E-state index is 12.7. The third kappa shape index (κ3) is 4.29. The zero-order valence-electron chi connectivity index (χ0n) is 17.7. The van der Waals surface area contributed by atoms with Gasteiger partial charge in [0.15, 0.2) is 5.75 Å². The summed E-state index contributed by atoms with van der Waals surface area (Å²) in [6.45, 7) is 1.91. The van der Waals surface area contributed by atoms with E-state index >= 15 is 0 Å². The van der Waals surface area contributed by atoms with Gasteiger partial charge in [-0.3, -0.25) is 10.1 Å². The van der Waals surface area contributed by atoms with E-state index in [9.17, 15) is 20.0 Å². The van der Waals surface area contributed by atoms with E-state index in [2.05, 4.69) is 10.6 Å². The molecule has 0 aliphatic carbocycles. The van der Waals surface area contributed by atoms with E-state index in [0.717, 1.165) is 11.1 Å². The van der Waals surface area contributed by atoms with Crippen LogP contribution in [0.5, 0.6) is 11.5 Å². The second-order valence-electron chi connectivity index (χ2n) is 7.39. The summed E-state index contributed by atoms with van der Waals surface area (Å²) in [4.78, 5) is 23.6. The van der Waals surface area contributed by atoms with Gasteiger partial charge in [0.25, 0.3) is 0 Å². The smallest absolute Gasteiger partial charge is 0.320 e. The maximum Gasteiger partial charge on any atom is 0.320 e. The lowest BCUT2D eigenvalue weighted by Gasteiger charge is -2.31. The molecule has 3 aromatic rings. The molecule has 3 aromatic carbocycles. The molecular formula is C24H22N4O5. The molecule has 168 valence electrons. The molecule has 1 aliphatic rings. The Balaban J connectivity index is 1.98. The van der Waals surface area contributed by atoms with E-state index in [-0.39, 0.29) is 12.4 Å². The highest BCUT2D eigenvalue weighted by Crippen LogP contribution is 2.44. The summed E-state index contributed by atoms with van der Waals surface area (Å²) in [7, 11) is 0. The number of nitro benzene ring substituents is 1. The lowest BCUT2D eigenvalue weighted by Crippen LogP contribution is -2.43. The summed E-state index contributed by atoms with van der Waals surface area (Å²) in [6.07, 6.45) is 0. The van der Waals surface area contributed by atoms with Crippen molar-refractivity contribution < 1.29 is 19.6 Å². The van der Waals surface area contributed by atoms with Gasteiger partial charge in [-0.15, -0.1) is 0 Å². The number of nitrogens with zero attached hydrogens (tertiary/aromatic N) is 1. The molecule has 0 saturated carbocycles. The zero-order chi connectivity index (χ0) is 23.5. The van der Waals surface area contributed by atoms with Crippen molar-refractivity contribution in [3.63, 3.8) is 0 Å². The molecule has 0 fully saturated rings. The number of ether oxygens (including phenoxy) is 1. The van der Waals surface area contributed by atoms with Gasteiger partial charge in [0.2, 0.25) is 5.75 Å². The Morgan fingerprint density at radius 2 is 1.79 bits per heavy atom. The van der Waals surface area contributed by atoms with Crippen molar-refractivity contribution in [3.8, 4) is 11.5 Å². The first-order chi connectivity index (χ1) is 15.9. The fraction of sp³-hybridized carbons (Fsp3) is 0.125. The number of carbonyl (C=O) groups excluding carboxylic acids is 1. The van der Waals surface area contributed by atoms with Crippen LogP contribution in [-0.4, -0.2) is 22.7 Å². The number of rotatable bonds is 6. The average Bonchev–Trinajstić information content (AvgIpc) is 2.81. The quantitative estimate of drug-likeness (QED) is 0.254. The number of hydrogen-bond acceptors (Lipinski definition) is 6. The SMILES string of the molecule is CCOc1cc(C2NC(=O)NC(c3ccc(N)cc3)=C2c2ccccc2)cc([N+](=O)[O-])c1O. The number of urea groups is 1. The summed E-state index contributed by atoms with van der Waals surface area (Å²) < 4.78 is 5.44. The lowest BCUT2D eigenvalue weighted by molar-refractivity contribution is -0.386. The van der Waals surface area contributed by atoms with Gasteiger partial charge in [-0.25, -0.2) is 4.79 Å². The molecule has 1 heterocycles. The van der Waals surface area contributed by atoms with Crippen LogP contribution >= 0.6 is 0 Å². The highest BCUT2D eigenvalue weighted by Gasteiger charge is 2.32. The number of nitrogen functional groups attached to an aromatic ring is 1. The minimum Gasteiger partial charge on any atom is -0.500 e. The van der Waals surface area contributed by atoms with Crippen LogP contribution < -0.4 is 21.1 Å². The molecule has 1 aliphatic heterocycles. The number of benzene rings is 3. The Kier molecular flexibility index (Phi) is 5.86. The third-order valence-corrected chi connectivity index (χ3v) is 5.26. The average molecular weight is 446 g/mol. The van der Waals surface area contributed by atoms with Gasteiger partial charge in [-0.2, -0.15) is 0 Å². The van der Waals surface area contributed by atoms with Gasteiger partial charge in [0.05, 0.1) is 23.3 Å². The van der Waals surface area contributed by atoms with E-state index in [1.54, 1.807) is 31.2 Å². The Morgan fingerprint density at radius 3 is 2.42 bits per heavy atom. The first kappa shape index (κ1) is 21.7. The Labute approximate surface area is 189 Å². The molecule has 0 aromatic heterocycles. The number of nitro groups is 1. The van der Waals surface area contributed by atoms with Crippen molar-refractivity contribution in [1.29, 1.82) is 0 Å². The molecule has 0 saturated heterocycles. The van der Waals surface area contributed by atoms with Crippen LogP contribution in [0, 0.1) is 10.1 Å². The number of aromatic hydroxyl groups is 1. The van der Waals surface area contributed by atoms with Crippen molar-refractivity contribution in [2.24, 2.45) is 0 Å². The van der Waals surface area contributed by atoms with E-state index in [0.29, 0.717) is 22.5 Å². The molecular weight excluding hydrogens is 424 g/mol. The Morgan fingerprint density at radius 1 is 1.09 bits per heavy atom. The van der Waals surface area contributed by atoms with E-state index in [1.165, 1.54) is 12.1 Å². The highest BCUT2D eigenvalue weighted by molar-refractivity contribution is 6.03. The molecule has 9 nitrogen and oxygen atoms in total. The van der Waals surface area contributed by atoms with Crippen molar-refractivity contribution >= 4 is 28.7 Å². The summed E-state index contributed by atoms with van der Waals surface area (Å²) in [6, 6.07) is 17.9. The van der Waals surface area contributed by atoms with Crippen molar-refractivity contribution in [1.82, 2.24) is 10.6 Å². The number of amides is 2. The molecule has 2 amide bonds. The molecule has 5 N–H and O–H groups in total. The normalized spacial score (nSPS) is 15.5. The number of hydrogen-bond donors (Lipinski definition) is 4. The molecule has 0 radical (unpaired) electrons. The van der Waals surface area contributed by atoms with Crippen LogP contribution in [0.1, 0.15) is 29.7 Å². The minimum absolute atomic E-state index is 0.0315. The standard InChI is InChI=1S/C24H22N4O5/c1-2-33-19-13-16(12-18(23(19)29)28(31)32)22-20(14-6-4-3-5-7-14)21(26-24(30)27-22)15-8-10-17(25)11-9-15/h3-13,22,29H,2,25H2,1H3,(H2,26,27,30). The van der Waals surface area contributed by atoms with Crippen molar-refractivity contribution in [3.05, 3.63) is 93.5 Å². The van der Waals surface area contributed by atoms with Gasteiger partial charge in [-0.1, -0.05) is 42.5 Å². The number of nitrogens with one attached hydrogen (secondary N) is 2. The van der Waals surface area contributed by atoms with Crippen LogP contribution in [0.3, 0.4) is 0 Å². The highest BCUT2D eigenvalue weighted by atomic mass is 16.6. The monoisotopic (exact) mass is 446 g/mol. The topological polar surface area (TPSA) is 140 Å². The summed E-state index contributed by atoms with van der Waals surface area (Å²) in [5.74, 6) is -0.592. The van der Waals surface area contributed by atoms with Gasteiger partial charge < -0.3 is 26.2 Å². The fourth-order valence-corrected chi connectivity index (χ4v) is 3.81. The molecule has 33 heavy (non-hydrogen) atoms. The van der Waals surface area contributed by atoms with Gasteiger partial charge in [0.1, 0.15) is 0 Å². The maximum atomic E-state index is 12.7. The van der Waals surface area contributed by atoms with E-state index in [1.807, 2.05) is 30.3 Å². The molecule has 9 heteroatoms. The van der Waals surface area contributed by atoms with Crippen LogP contribution in [0.2, 0.25) is 0 Å². The number of carbonyl (C=O) groups is 1. The molecule has 1 unspecified atom stereocenters. The number of phenolic OH excluding ortho intramolecular Hbond substituents is 1. The Bertz CT molecular complexity index is 1240. The van der Waals surface area contributed by atoms with Crippen LogP contribution in [0.25, 0.3) is 11.3 Å². The third-order valence-electron chi connectivity index (χ3n) is 5.26. The number of anilines is 1. The van der Waals surface area contributed by atoms with E-state index in [4.69, 9.17) is 10.5 Å². The largest absolute Gasteiger partial charge is 0.500 e. The molecule has 1 atom stereocenters. The fourth-order valence-electron chi connectivity index (χ4n) is 3.81. The Hall–Kier alpha value is -4.53. The zero-order valence-corrected chi connectivity index (χ0v) is 17.7. The van der Waals surface area contributed by atoms with Crippen molar-refractivity contribution in [2.45, 2.75) is 13.0 Å². The van der Waals surface area contributed by atoms with Crippen LogP contribution in [0.4, 0.5) is 16.2 Å². The summed E-state index contributed by atoms with van der Waals surface area (Å²) >= 11 is 0. The molecule has 4 rings (SSSR count). The number of nitrogens with two attached hydrogens (primary N) is 1. The second-order valence-corrected chi connectivity index (χ2v) is 7.39. The first-order valence-corrected chi connectivity index (χ1v) is 10.3. The summed E-state index contributed by atoms with van der Waals surface area (Å²) in [5.41, 5.74) is 9.06. The van der Waals surface area contributed by atoms with E-state index < -0.39 is 28.4 Å². The summed E-state index contributed by atoms with van der Waals surface area (Å²) in [5, 5.41) is 27.6. The second kappa shape index (κ2) is 8.91. The van der Waals surface area contributed by atoms with Crippen LogP contribution in [0.15, 0.2) is 66.7 Å². The molecule has 0 bridgehead atoms. The first-order valence-electron chi connectivity index (χ1n) is 10.3. The predicted molar refractivity (Wildman–Crippen MR) is 124 cm³/mol. The van der Waals surface area contributed by atoms with Gasteiger partial charge >= 0.3 is 11.7 Å². The minimum atomic E-state index is -0.757. The molecule has 0 spiro atoms. The lowest BCUT2D eigenvalue weighted by atomic mass is 9.87.